The normalized spacial score (nSPS) is 14.5. The lowest BCUT2D eigenvalue weighted by Crippen LogP contribution is -2.37. The number of benzene rings is 2. The molecule has 24 heavy (non-hydrogen) atoms. The van der Waals surface area contributed by atoms with E-state index in [-0.39, 0.29) is 12.1 Å². The molecule has 0 saturated heterocycles. The predicted molar refractivity (Wildman–Crippen MR) is 96.4 cm³/mol. The SMILES string of the molecule is CC(CC(O)c1ccccc1)NC(=O)Nc1cccc(S(C)=O)c1. The topological polar surface area (TPSA) is 78.4 Å². The van der Waals surface area contributed by atoms with Crippen LogP contribution >= 0.6 is 0 Å². The molecule has 0 aliphatic heterocycles. The van der Waals surface area contributed by atoms with Gasteiger partial charge in [0.1, 0.15) is 0 Å². The Kier molecular flexibility index (Phi) is 6.52. The monoisotopic (exact) mass is 346 g/mol. The van der Waals surface area contributed by atoms with Crippen molar-refractivity contribution < 1.29 is 14.1 Å². The van der Waals surface area contributed by atoms with Gasteiger partial charge < -0.3 is 15.7 Å². The van der Waals surface area contributed by atoms with Gasteiger partial charge in [0.2, 0.25) is 0 Å². The summed E-state index contributed by atoms with van der Waals surface area (Å²) in [6.07, 6.45) is 1.37. The van der Waals surface area contributed by atoms with E-state index in [9.17, 15) is 14.1 Å². The number of rotatable bonds is 6. The smallest absolute Gasteiger partial charge is 0.319 e. The molecule has 0 saturated carbocycles. The first-order chi connectivity index (χ1) is 11.5. The summed E-state index contributed by atoms with van der Waals surface area (Å²) in [4.78, 5) is 12.7. The van der Waals surface area contributed by atoms with Crippen molar-refractivity contribution in [1.29, 1.82) is 0 Å². The first-order valence-corrected chi connectivity index (χ1v) is 9.25. The fourth-order valence-electron chi connectivity index (χ4n) is 2.35. The van der Waals surface area contributed by atoms with Crippen molar-refractivity contribution in [2.75, 3.05) is 11.6 Å². The standard InChI is InChI=1S/C18H22N2O3S/c1-13(11-17(21)14-7-4-3-5-8-14)19-18(22)20-15-9-6-10-16(12-15)24(2)23/h3-10,12-13,17,21H,11H2,1-2H3,(H2,19,20,22). The third-order valence-corrected chi connectivity index (χ3v) is 4.48. The Morgan fingerprint density at radius 3 is 2.54 bits per heavy atom. The molecule has 0 aliphatic carbocycles. The van der Waals surface area contributed by atoms with Gasteiger partial charge in [-0.05, 0) is 37.1 Å². The summed E-state index contributed by atoms with van der Waals surface area (Å²) in [5.74, 6) is 0. The molecule has 0 aliphatic rings. The molecule has 3 unspecified atom stereocenters. The molecular formula is C18H22N2O3S. The highest BCUT2D eigenvalue weighted by atomic mass is 32.2. The lowest BCUT2D eigenvalue weighted by atomic mass is 10.0. The highest BCUT2D eigenvalue weighted by Gasteiger charge is 2.14. The number of aliphatic hydroxyl groups is 1. The molecule has 2 aromatic carbocycles. The van der Waals surface area contributed by atoms with Crippen LogP contribution in [0.3, 0.4) is 0 Å². The number of aliphatic hydroxyl groups excluding tert-OH is 1. The molecule has 0 fully saturated rings. The third-order valence-electron chi connectivity index (χ3n) is 3.56. The number of anilines is 1. The maximum Gasteiger partial charge on any atom is 0.319 e. The Labute approximate surface area is 144 Å². The molecule has 0 heterocycles. The molecule has 5 nitrogen and oxygen atoms in total. The van der Waals surface area contributed by atoms with Gasteiger partial charge >= 0.3 is 6.03 Å². The third kappa shape index (κ3) is 5.47. The number of hydrogen-bond acceptors (Lipinski definition) is 3. The summed E-state index contributed by atoms with van der Waals surface area (Å²) >= 11 is 0. The van der Waals surface area contributed by atoms with E-state index >= 15 is 0 Å². The van der Waals surface area contributed by atoms with E-state index in [0.29, 0.717) is 17.0 Å². The highest BCUT2D eigenvalue weighted by molar-refractivity contribution is 7.84. The minimum absolute atomic E-state index is 0.205. The second-order valence-corrected chi connectivity index (χ2v) is 7.02. The van der Waals surface area contributed by atoms with Gasteiger partial charge in [0.05, 0.1) is 6.10 Å². The zero-order valence-corrected chi connectivity index (χ0v) is 14.5. The molecule has 0 radical (unpaired) electrons. The van der Waals surface area contributed by atoms with E-state index in [1.165, 1.54) is 0 Å². The number of amides is 2. The summed E-state index contributed by atoms with van der Waals surface area (Å²) in [6, 6.07) is 15.7. The Morgan fingerprint density at radius 1 is 1.17 bits per heavy atom. The number of carbonyl (C=O) groups is 1. The summed E-state index contributed by atoms with van der Waals surface area (Å²) < 4.78 is 11.5. The van der Waals surface area contributed by atoms with Crippen LogP contribution in [-0.4, -0.2) is 27.6 Å². The fraction of sp³-hybridized carbons (Fsp3) is 0.278. The fourth-order valence-corrected chi connectivity index (χ4v) is 2.91. The van der Waals surface area contributed by atoms with Crippen molar-refractivity contribution in [3.8, 4) is 0 Å². The molecule has 2 rings (SSSR count). The molecule has 3 atom stereocenters. The lowest BCUT2D eigenvalue weighted by molar-refractivity contribution is 0.155. The molecule has 3 N–H and O–H groups in total. The maximum atomic E-state index is 12.0. The Balaban J connectivity index is 1.87. The van der Waals surface area contributed by atoms with E-state index in [0.717, 1.165) is 5.56 Å². The van der Waals surface area contributed by atoms with Crippen LogP contribution in [0.4, 0.5) is 10.5 Å². The van der Waals surface area contributed by atoms with Crippen LogP contribution in [0.25, 0.3) is 0 Å². The van der Waals surface area contributed by atoms with E-state index in [2.05, 4.69) is 10.6 Å². The van der Waals surface area contributed by atoms with E-state index in [4.69, 9.17) is 0 Å². The van der Waals surface area contributed by atoms with Gasteiger partial charge in [0.25, 0.3) is 0 Å². The van der Waals surface area contributed by atoms with Crippen LogP contribution in [-0.2, 0) is 10.8 Å². The number of carbonyl (C=O) groups excluding carboxylic acids is 1. The van der Waals surface area contributed by atoms with Crippen molar-refractivity contribution >= 4 is 22.5 Å². The average Bonchev–Trinajstić information content (AvgIpc) is 2.55. The second kappa shape index (κ2) is 8.61. The van der Waals surface area contributed by atoms with Gasteiger partial charge in [-0.15, -0.1) is 0 Å². The van der Waals surface area contributed by atoms with E-state index in [1.54, 1.807) is 30.5 Å². The summed E-state index contributed by atoms with van der Waals surface area (Å²) in [5.41, 5.74) is 1.40. The molecule has 0 aromatic heterocycles. The molecule has 0 bridgehead atoms. The molecular weight excluding hydrogens is 324 g/mol. The van der Waals surface area contributed by atoms with Gasteiger partial charge in [-0.1, -0.05) is 36.4 Å². The molecule has 2 amide bonds. The summed E-state index contributed by atoms with van der Waals surface area (Å²) in [6.45, 7) is 1.84. The Hall–Kier alpha value is -2.18. The van der Waals surface area contributed by atoms with Gasteiger partial charge in [0.15, 0.2) is 0 Å². The highest BCUT2D eigenvalue weighted by Crippen LogP contribution is 2.18. The minimum atomic E-state index is -1.10. The Morgan fingerprint density at radius 2 is 1.88 bits per heavy atom. The maximum absolute atomic E-state index is 12.0. The lowest BCUT2D eigenvalue weighted by Gasteiger charge is -2.18. The van der Waals surface area contributed by atoms with Crippen LogP contribution in [0.5, 0.6) is 0 Å². The first kappa shape index (κ1) is 18.2. The van der Waals surface area contributed by atoms with Crippen LogP contribution in [0, 0.1) is 0 Å². The van der Waals surface area contributed by atoms with Crippen LogP contribution < -0.4 is 10.6 Å². The van der Waals surface area contributed by atoms with E-state index in [1.807, 2.05) is 37.3 Å². The number of urea groups is 1. The number of nitrogens with one attached hydrogen (secondary N) is 2. The van der Waals surface area contributed by atoms with Gasteiger partial charge in [-0.25, -0.2) is 4.79 Å². The van der Waals surface area contributed by atoms with Crippen molar-refractivity contribution in [2.45, 2.75) is 30.4 Å². The van der Waals surface area contributed by atoms with Crippen molar-refractivity contribution in [3.05, 3.63) is 60.2 Å². The zero-order chi connectivity index (χ0) is 17.5. The molecule has 128 valence electrons. The Bertz CT molecular complexity index is 706. The summed E-state index contributed by atoms with van der Waals surface area (Å²) in [5, 5.41) is 15.7. The van der Waals surface area contributed by atoms with Gasteiger partial charge in [-0.3, -0.25) is 4.21 Å². The van der Waals surface area contributed by atoms with E-state index < -0.39 is 16.9 Å². The first-order valence-electron chi connectivity index (χ1n) is 7.69. The zero-order valence-electron chi connectivity index (χ0n) is 13.7. The van der Waals surface area contributed by atoms with Gasteiger partial charge in [-0.2, -0.15) is 0 Å². The van der Waals surface area contributed by atoms with Crippen molar-refractivity contribution in [2.24, 2.45) is 0 Å². The van der Waals surface area contributed by atoms with Crippen molar-refractivity contribution in [3.63, 3.8) is 0 Å². The van der Waals surface area contributed by atoms with Crippen LogP contribution in [0.2, 0.25) is 0 Å². The van der Waals surface area contributed by atoms with Crippen LogP contribution in [0.15, 0.2) is 59.5 Å². The molecule has 0 spiro atoms. The van der Waals surface area contributed by atoms with Crippen LogP contribution in [0.1, 0.15) is 25.0 Å². The largest absolute Gasteiger partial charge is 0.388 e. The minimum Gasteiger partial charge on any atom is -0.388 e. The molecule has 6 heteroatoms. The van der Waals surface area contributed by atoms with Gasteiger partial charge in [0, 0.05) is 33.7 Å². The predicted octanol–water partition coefficient (Wildman–Crippen LogP) is 3.06. The second-order valence-electron chi connectivity index (χ2n) is 5.64. The quantitative estimate of drug-likeness (QED) is 0.752. The number of hydrogen-bond donors (Lipinski definition) is 3. The summed E-state index contributed by atoms with van der Waals surface area (Å²) in [7, 11) is -1.10. The van der Waals surface area contributed by atoms with Crippen molar-refractivity contribution in [1.82, 2.24) is 5.32 Å². The molecule has 2 aromatic rings. The average molecular weight is 346 g/mol.